The number of amides is 1. The van der Waals surface area contributed by atoms with Gasteiger partial charge in [0.1, 0.15) is 19.0 Å². The summed E-state index contributed by atoms with van der Waals surface area (Å²) in [4.78, 5) is 27.5. The standard InChI is InChI=1S/C22H22N2O5/c1-2-27-17-5-3-14(4-6-17)9-21(25)23-13-16-10-15-11-19-20(29-8-7-28-19)12-18(15)24-22(16)26/h3-6,10-12H,2,7-9,13H2,1H3,(H,23,25)(H,24,26). The van der Waals surface area contributed by atoms with Gasteiger partial charge < -0.3 is 24.5 Å². The van der Waals surface area contributed by atoms with Crippen LogP contribution in [0.25, 0.3) is 10.9 Å². The fourth-order valence-corrected chi connectivity index (χ4v) is 3.23. The average molecular weight is 394 g/mol. The van der Waals surface area contributed by atoms with Gasteiger partial charge in [-0.25, -0.2) is 0 Å². The molecule has 150 valence electrons. The Hall–Kier alpha value is -3.48. The van der Waals surface area contributed by atoms with Crippen LogP contribution in [0.4, 0.5) is 0 Å². The van der Waals surface area contributed by atoms with E-state index < -0.39 is 0 Å². The van der Waals surface area contributed by atoms with Crippen molar-refractivity contribution in [2.45, 2.75) is 19.9 Å². The normalized spacial score (nSPS) is 12.6. The van der Waals surface area contributed by atoms with Crippen molar-refractivity contribution in [1.29, 1.82) is 0 Å². The first kappa shape index (κ1) is 18.9. The van der Waals surface area contributed by atoms with Crippen molar-refractivity contribution in [2.24, 2.45) is 0 Å². The van der Waals surface area contributed by atoms with Gasteiger partial charge in [0.15, 0.2) is 11.5 Å². The van der Waals surface area contributed by atoms with Gasteiger partial charge in [0.05, 0.1) is 18.5 Å². The van der Waals surface area contributed by atoms with E-state index in [1.165, 1.54) is 0 Å². The van der Waals surface area contributed by atoms with Crippen molar-refractivity contribution in [3.05, 3.63) is 63.9 Å². The lowest BCUT2D eigenvalue weighted by Gasteiger charge is -2.18. The van der Waals surface area contributed by atoms with Crippen LogP contribution in [0.2, 0.25) is 0 Å². The van der Waals surface area contributed by atoms with Crippen LogP contribution in [0.5, 0.6) is 17.2 Å². The first-order valence-electron chi connectivity index (χ1n) is 9.56. The molecule has 4 rings (SSSR count). The van der Waals surface area contributed by atoms with Gasteiger partial charge in [-0.2, -0.15) is 0 Å². The van der Waals surface area contributed by atoms with E-state index >= 15 is 0 Å². The molecule has 0 bridgehead atoms. The molecular formula is C22H22N2O5. The van der Waals surface area contributed by atoms with Gasteiger partial charge in [0, 0.05) is 23.6 Å². The van der Waals surface area contributed by atoms with E-state index in [9.17, 15) is 9.59 Å². The number of ether oxygens (including phenoxy) is 3. The Morgan fingerprint density at radius 1 is 1.10 bits per heavy atom. The number of hydrogen-bond acceptors (Lipinski definition) is 5. The number of aromatic amines is 1. The summed E-state index contributed by atoms with van der Waals surface area (Å²) in [6, 6.07) is 12.8. The Bertz CT molecular complexity index is 1090. The summed E-state index contributed by atoms with van der Waals surface area (Å²) in [5.74, 6) is 1.89. The SMILES string of the molecule is CCOc1ccc(CC(=O)NCc2cc3cc4c(cc3[nH]c2=O)OCCO4)cc1. The van der Waals surface area contributed by atoms with Crippen LogP contribution >= 0.6 is 0 Å². The summed E-state index contributed by atoms with van der Waals surface area (Å²) in [7, 11) is 0. The third-order valence-corrected chi connectivity index (χ3v) is 4.66. The summed E-state index contributed by atoms with van der Waals surface area (Å²) < 4.78 is 16.5. The molecule has 0 fully saturated rings. The van der Waals surface area contributed by atoms with E-state index in [2.05, 4.69) is 10.3 Å². The predicted molar refractivity (Wildman–Crippen MR) is 109 cm³/mol. The molecular weight excluding hydrogens is 372 g/mol. The van der Waals surface area contributed by atoms with E-state index in [1.54, 1.807) is 12.1 Å². The maximum atomic E-state index is 12.4. The Kier molecular flexibility index (Phi) is 5.37. The Balaban J connectivity index is 1.44. The van der Waals surface area contributed by atoms with Gasteiger partial charge in [-0.15, -0.1) is 0 Å². The fraction of sp³-hybridized carbons (Fsp3) is 0.273. The van der Waals surface area contributed by atoms with Crippen molar-refractivity contribution >= 4 is 16.8 Å². The summed E-state index contributed by atoms with van der Waals surface area (Å²) in [5, 5.41) is 3.63. The topological polar surface area (TPSA) is 89.7 Å². The summed E-state index contributed by atoms with van der Waals surface area (Å²) in [5.41, 5.74) is 1.79. The first-order chi connectivity index (χ1) is 14.1. The third-order valence-electron chi connectivity index (χ3n) is 4.66. The highest BCUT2D eigenvalue weighted by atomic mass is 16.6. The Morgan fingerprint density at radius 2 is 1.83 bits per heavy atom. The molecule has 1 aromatic heterocycles. The summed E-state index contributed by atoms with van der Waals surface area (Å²) >= 11 is 0. The highest BCUT2D eigenvalue weighted by molar-refractivity contribution is 5.83. The quantitative estimate of drug-likeness (QED) is 0.671. The minimum atomic E-state index is -0.240. The zero-order valence-corrected chi connectivity index (χ0v) is 16.1. The van der Waals surface area contributed by atoms with E-state index in [0.29, 0.717) is 42.4 Å². The maximum absolute atomic E-state index is 12.4. The largest absolute Gasteiger partial charge is 0.494 e. The van der Waals surface area contributed by atoms with E-state index in [4.69, 9.17) is 14.2 Å². The molecule has 29 heavy (non-hydrogen) atoms. The second-order valence-electron chi connectivity index (χ2n) is 6.74. The number of carbonyl (C=O) groups excluding carboxylic acids is 1. The minimum Gasteiger partial charge on any atom is -0.494 e. The number of H-pyrrole nitrogens is 1. The molecule has 7 nitrogen and oxygen atoms in total. The monoisotopic (exact) mass is 394 g/mol. The molecule has 2 N–H and O–H groups in total. The molecule has 0 unspecified atom stereocenters. The zero-order valence-electron chi connectivity index (χ0n) is 16.1. The highest BCUT2D eigenvalue weighted by Gasteiger charge is 2.14. The van der Waals surface area contributed by atoms with Gasteiger partial charge >= 0.3 is 0 Å². The molecule has 1 amide bonds. The molecule has 0 atom stereocenters. The summed E-state index contributed by atoms with van der Waals surface area (Å²) in [6.07, 6.45) is 0.233. The molecule has 0 spiro atoms. The third kappa shape index (κ3) is 4.34. The van der Waals surface area contributed by atoms with Crippen molar-refractivity contribution in [2.75, 3.05) is 19.8 Å². The highest BCUT2D eigenvalue weighted by Crippen LogP contribution is 2.33. The molecule has 0 saturated carbocycles. The molecule has 7 heteroatoms. The lowest BCUT2D eigenvalue weighted by atomic mass is 10.1. The lowest BCUT2D eigenvalue weighted by Crippen LogP contribution is -2.28. The van der Waals surface area contributed by atoms with Crippen molar-refractivity contribution in [3.8, 4) is 17.2 Å². The van der Waals surface area contributed by atoms with Crippen LogP contribution in [0, 0.1) is 0 Å². The first-order valence-corrected chi connectivity index (χ1v) is 9.56. The number of rotatable bonds is 6. The van der Waals surface area contributed by atoms with Crippen molar-refractivity contribution < 1.29 is 19.0 Å². The van der Waals surface area contributed by atoms with Gasteiger partial charge in [0.25, 0.3) is 5.56 Å². The smallest absolute Gasteiger partial charge is 0.253 e. The molecule has 2 heterocycles. The molecule has 0 saturated heterocycles. The second kappa shape index (κ2) is 8.26. The molecule has 2 aromatic carbocycles. The molecule has 1 aliphatic rings. The predicted octanol–water partition coefficient (Wildman–Crippen LogP) is 2.56. The lowest BCUT2D eigenvalue weighted by molar-refractivity contribution is -0.120. The van der Waals surface area contributed by atoms with Gasteiger partial charge in [-0.1, -0.05) is 12.1 Å². The van der Waals surface area contributed by atoms with Crippen molar-refractivity contribution in [3.63, 3.8) is 0 Å². The van der Waals surface area contributed by atoms with Crippen LogP contribution in [-0.4, -0.2) is 30.7 Å². The van der Waals surface area contributed by atoms with Crippen LogP contribution in [0.1, 0.15) is 18.1 Å². The zero-order chi connectivity index (χ0) is 20.2. The maximum Gasteiger partial charge on any atom is 0.253 e. The number of pyridine rings is 1. The second-order valence-corrected chi connectivity index (χ2v) is 6.74. The number of aromatic nitrogens is 1. The van der Waals surface area contributed by atoms with Gasteiger partial charge in [-0.3, -0.25) is 9.59 Å². The fourth-order valence-electron chi connectivity index (χ4n) is 3.23. The van der Waals surface area contributed by atoms with Crippen LogP contribution < -0.4 is 25.1 Å². The van der Waals surface area contributed by atoms with E-state index in [0.717, 1.165) is 16.7 Å². The van der Waals surface area contributed by atoms with Gasteiger partial charge in [-0.05, 0) is 36.8 Å². The van der Waals surface area contributed by atoms with Crippen LogP contribution in [0.3, 0.4) is 0 Å². The number of fused-ring (bicyclic) bond motifs is 2. The number of carbonyl (C=O) groups is 1. The summed E-state index contributed by atoms with van der Waals surface area (Å²) in [6.45, 7) is 3.65. The van der Waals surface area contributed by atoms with Crippen molar-refractivity contribution in [1.82, 2.24) is 10.3 Å². The van der Waals surface area contributed by atoms with Crippen LogP contribution in [-0.2, 0) is 17.8 Å². The molecule has 1 aliphatic heterocycles. The molecule has 3 aromatic rings. The molecule has 0 radical (unpaired) electrons. The van der Waals surface area contributed by atoms with E-state index in [-0.39, 0.29) is 24.4 Å². The number of nitrogens with one attached hydrogen (secondary N) is 2. The Morgan fingerprint density at radius 3 is 2.55 bits per heavy atom. The molecule has 0 aliphatic carbocycles. The van der Waals surface area contributed by atoms with Gasteiger partial charge in [0.2, 0.25) is 5.91 Å². The number of benzene rings is 2. The van der Waals surface area contributed by atoms with E-state index in [1.807, 2.05) is 37.3 Å². The average Bonchev–Trinajstić information content (AvgIpc) is 2.72. The number of hydrogen-bond donors (Lipinski definition) is 2. The minimum absolute atomic E-state index is 0.148. The Labute approximate surface area is 167 Å². The van der Waals surface area contributed by atoms with Crippen LogP contribution in [0.15, 0.2) is 47.3 Å².